The summed E-state index contributed by atoms with van der Waals surface area (Å²) in [6.45, 7) is 0. The van der Waals surface area contributed by atoms with Crippen molar-refractivity contribution in [1.29, 1.82) is 0 Å². The summed E-state index contributed by atoms with van der Waals surface area (Å²) in [5.41, 5.74) is 0. The summed E-state index contributed by atoms with van der Waals surface area (Å²) < 4.78 is 8.66. The van der Waals surface area contributed by atoms with Crippen molar-refractivity contribution in [2.75, 3.05) is 0 Å². The molecule has 0 unspecified atom stereocenters. The van der Waals surface area contributed by atoms with E-state index < -0.39 is 7.82 Å². The average Bonchev–Trinajstić information content (AvgIpc) is 0.722. The van der Waals surface area contributed by atoms with Crippen molar-refractivity contribution >= 4 is 7.82 Å². The van der Waals surface area contributed by atoms with E-state index in [0.29, 0.717) is 0 Å². The molecule has 32 valence electrons. The van der Waals surface area contributed by atoms with Crippen LogP contribution in [0.25, 0.3) is 0 Å². The molecule has 0 heterocycles. The molecule has 0 saturated heterocycles. The van der Waals surface area contributed by atoms with Crippen molar-refractivity contribution in [3.05, 3.63) is 0 Å². The Morgan fingerprint density at radius 1 is 1.29 bits per heavy atom. The van der Waals surface area contributed by atoms with Gasteiger partial charge in [-0.2, -0.15) is 0 Å². The van der Waals surface area contributed by atoms with Crippen LogP contribution in [0.4, 0.5) is 0 Å². The number of rotatable bonds is 0. The fraction of sp³-hybridized carbons (Fsp3) is 0. The predicted octanol–water partition coefficient (Wildman–Crippen LogP) is -8.18. The second-order valence-corrected chi connectivity index (χ2v) is 1.41. The number of hydrogen-bond donors (Lipinski definition) is 1. The van der Waals surface area contributed by atoms with Gasteiger partial charge in [0, 0.05) is 0 Å². The van der Waals surface area contributed by atoms with Gasteiger partial charge in [0.25, 0.3) is 0 Å². The maximum Gasteiger partial charge on any atom is 1.00 e. The van der Waals surface area contributed by atoms with Gasteiger partial charge in [0.1, 0.15) is 0 Å². The Bertz CT molecular complexity index is 55.8. The summed E-state index contributed by atoms with van der Waals surface area (Å²) in [7, 11) is -5.14. The van der Waals surface area contributed by atoms with Crippen LogP contribution in [-0.4, -0.2) is 4.89 Å². The molecular formula is HNa2O4P. The smallest absolute Gasteiger partial charge is 0.790 e. The van der Waals surface area contributed by atoms with E-state index in [4.69, 9.17) is 19.2 Å². The normalized spacial score (nSPS) is 8.43. The molecule has 0 atom stereocenters. The summed E-state index contributed by atoms with van der Waals surface area (Å²) in [6.07, 6.45) is 0. The van der Waals surface area contributed by atoms with E-state index in [1.165, 1.54) is 0 Å². The summed E-state index contributed by atoms with van der Waals surface area (Å²) in [5, 5.41) is 0. The van der Waals surface area contributed by atoms with E-state index in [1.807, 2.05) is 0 Å². The molecule has 0 spiro atoms. The van der Waals surface area contributed by atoms with Gasteiger partial charge in [-0.25, -0.2) is 0 Å². The Morgan fingerprint density at radius 3 is 1.29 bits per heavy atom. The van der Waals surface area contributed by atoms with Crippen molar-refractivity contribution in [3.63, 3.8) is 0 Å². The van der Waals surface area contributed by atoms with Crippen LogP contribution < -0.4 is 68.9 Å². The van der Waals surface area contributed by atoms with Crippen LogP contribution in [0.5, 0.6) is 0 Å². The molecule has 0 amide bonds. The van der Waals surface area contributed by atoms with Crippen molar-refractivity contribution < 1.29 is 78.4 Å². The standard InChI is InChI=1S/2Na.H3O4P/c;;1-5(2,3)4/h;;(H3,1,2,3,4)/q2*+1;/p-2/i;;5+1. The number of phosphoric acid groups is 1. The topological polar surface area (TPSA) is 83.4 Å². The molecular weight excluding hydrogens is 142 g/mol. The molecule has 0 aromatic rings. The SMILES string of the molecule is O=[32P]([O-])([O-])O.[Na+].[Na+]. The molecule has 0 aliphatic rings. The average molecular weight is 143 g/mol. The fourth-order valence-corrected chi connectivity index (χ4v) is 0. The molecule has 0 aliphatic carbocycles. The molecule has 7 heavy (non-hydrogen) atoms. The third-order valence-electron chi connectivity index (χ3n) is 0. The Kier molecular flexibility index (Phi) is 14.3. The molecule has 0 bridgehead atoms. The number of hydrogen-bond acceptors (Lipinski definition) is 3. The van der Waals surface area contributed by atoms with Gasteiger partial charge in [0.05, 0.1) is 7.82 Å². The van der Waals surface area contributed by atoms with Crippen molar-refractivity contribution in [2.24, 2.45) is 0 Å². The second-order valence-electron chi connectivity index (χ2n) is 0.469. The first kappa shape index (κ1) is 16.1. The van der Waals surface area contributed by atoms with Crippen LogP contribution in [0, 0.1) is 0 Å². The van der Waals surface area contributed by atoms with Gasteiger partial charge in [-0.15, -0.1) is 0 Å². The van der Waals surface area contributed by atoms with E-state index in [-0.39, 0.29) is 59.1 Å². The molecule has 0 fully saturated rings. The van der Waals surface area contributed by atoms with Gasteiger partial charge < -0.3 is 19.2 Å². The van der Waals surface area contributed by atoms with Crippen molar-refractivity contribution in [2.45, 2.75) is 0 Å². The Hall–Kier alpha value is 2.11. The Balaban J connectivity index is -0.0000000800. The van der Waals surface area contributed by atoms with E-state index in [1.54, 1.807) is 0 Å². The first-order valence-electron chi connectivity index (χ1n) is 0.748. The van der Waals surface area contributed by atoms with Gasteiger partial charge in [0.15, 0.2) is 0 Å². The summed E-state index contributed by atoms with van der Waals surface area (Å²) in [5.74, 6) is 0. The van der Waals surface area contributed by atoms with E-state index in [9.17, 15) is 0 Å². The molecule has 4 nitrogen and oxygen atoms in total. The largest absolute Gasteiger partial charge is 1.00 e. The predicted molar refractivity (Wildman–Crippen MR) is 9.83 cm³/mol. The van der Waals surface area contributed by atoms with Crippen LogP contribution in [0.15, 0.2) is 0 Å². The van der Waals surface area contributed by atoms with Crippen molar-refractivity contribution in [1.82, 2.24) is 0 Å². The van der Waals surface area contributed by atoms with E-state index >= 15 is 0 Å². The molecule has 0 aromatic heterocycles. The second kappa shape index (κ2) is 6.23. The van der Waals surface area contributed by atoms with Gasteiger partial charge in [0.2, 0.25) is 0 Å². The minimum absolute atomic E-state index is 0. The monoisotopic (exact) mass is 143 g/mol. The summed E-state index contributed by atoms with van der Waals surface area (Å²) in [4.78, 5) is 24.3. The minimum atomic E-state index is -5.14. The van der Waals surface area contributed by atoms with Crippen molar-refractivity contribution in [3.8, 4) is 0 Å². The van der Waals surface area contributed by atoms with Gasteiger partial charge in [-0.1, -0.05) is 0 Å². The van der Waals surface area contributed by atoms with Crippen LogP contribution in [0.3, 0.4) is 0 Å². The minimum Gasteiger partial charge on any atom is -0.790 e. The Labute approximate surface area is 85.1 Å². The third-order valence-corrected chi connectivity index (χ3v) is 0. The molecule has 7 heteroatoms. The van der Waals surface area contributed by atoms with Crippen LogP contribution in [0.2, 0.25) is 0 Å². The first-order chi connectivity index (χ1) is 2.00. The molecule has 1 N–H and O–H groups in total. The third kappa shape index (κ3) is 68.0. The molecule has 0 aliphatic heterocycles. The first-order valence-corrected chi connectivity index (χ1v) is 2.24. The summed E-state index contributed by atoms with van der Waals surface area (Å²) in [6, 6.07) is 0. The maximum absolute atomic E-state index is 8.66. The van der Waals surface area contributed by atoms with Crippen LogP contribution >= 0.6 is 7.82 Å². The van der Waals surface area contributed by atoms with Gasteiger partial charge in [-0.3, -0.25) is 0 Å². The maximum atomic E-state index is 8.66. The zero-order valence-corrected chi connectivity index (χ0v) is 9.01. The molecule has 0 radical (unpaired) electrons. The zero-order chi connectivity index (χ0) is 4.50. The fourth-order valence-electron chi connectivity index (χ4n) is 0. The van der Waals surface area contributed by atoms with Crippen LogP contribution in [-0.2, 0) is 4.57 Å². The van der Waals surface area contributed by atoms with Gasteiger partial charge >= 0.3 is 59.1 Å². The Morgan fingerprint density at radius 2 is 1.29 bits per heavy atom. The van der Waals surface area contributed by atoms with Gasteiger partial charge in [-0.05, 0) is 0 Å². The quantitative estimate of drug-likeness (QED) is 0.269. The molecule has 0 aromatic carbocycles. The van der Waals surface area contributed by atoms with Crippen LogP contribution in [0.1, 0.15) is 0 Å². The summed E-state index contributed by atoms with van der Waals surface area (Å²) >= 11 is 0. The molecule has 0 saturated carbocycles. The molecule has 0 rings (SSSR count). The van der Waals surface area contributed by atoms with E-state index in [0.717, 1.165) is 0 Å². The zero-order valence-electron chi connectivity index (χ0n) is 4.12. The van der Waals surface area contributed by atoms with E-state index in [2.05, 4.69) is 0 Å².